The molecule has 2 aliphatic heterocycles. The summed E-state index contributed by atoms with van der Waals surface area (Å²) in [5.74, 6) is -9.01. The van der Waals surface area contributed by atoms with Crippen molar-refractivity contribution in [2.45, 2.75) is 68.8 Å². The van der Waals surface area contributed by atoms with Crippen molar-refractivity contribution in [1.29, 1.82) is 0 Å². The van der Waals surface area contributed by atoms with Gasteiger partial charge in [0.15, 0.2) is 29.3 Å². The van der Waals surface area contributed by atoms with E-state index in [1.165, 1.54) is 13.8 Å². The number of imidazole rings is 1. The van der Waals surface area contributed by atoms with Crippen molar-refractivity contribution in [2.24, 2.45) is 10.4 Å². The molecule has 3 amide bonds. The monoisotopic (exact) mass is 1170 g/mol. The number of aliphatic hydroxyl groups is 2. The highest BCUT2D eigenvalue weighted by molar-refractivity contribution is 8.13. The van der Waals surface area contributed by atoms with Crippen LogP contribution in [-0.4, -0.2) is 187 Å². The van der Waals surface area contributed by atoms with Gasteiger partial charge in [0.25, 0.3) is 5.72 Å². The van der Waals surface area contributed by atoms with Gasteiger partial charge in [-0.25, -0.2) is 38.4 Å². The van der Waals surface area contributed by atoms with Crippen LogP contribution in [0.4, 0.5) is 5.82 Å². The zero-order chi connectivity index (χ0) is 57.4. The number of anilines is 1. The number of nitrogens with one attached hydrogen (secondary N) is 3. The molecule has 1 aromatic carbocycles. The topological polar surface area (TPSA) is 518 Å². The molecule has 10 atom stereocenters. The normalized spacial score (nSPS) is 22.1. The molecule has 0 bridgehead atoms. The van der Waals surface area contributed by atoms with Crippen molar-refractivity contribution in [1.82, 2.24) is 35.5 Å². The van der Waals surface area contributed by atoms with E-state index in [9.17, 15) is 87.6 Å². The van der Waals surface area contributed by atoms with E-state index >= 15 is 0 Å². The Kier molecular flexibility index (Phi) is 20.5. The van der Waals surface area contributed by atoms with Gasteiger partial charge < -0.3 is 81.0 Å². The first-order chi connectivity index (χ1) is 35.8. The van der Waals surface area contributed by atoms with Crippen LogP contribution in [0.15, 0.2) is 54.1 Å². The molecule has 0 spiro atoms. The lowest BCUT2D eigenvalue weighted by Gasteiger charge is -2.38. The van der Waals surface area contributed by atoms with Crippen LogP contribution in [0.1, 0.15) is 38.0 Å². The number of ether oxygens (including phenoxy) is 3. The molecular weight excluding hydrogens is 1120 g/mol. The zero-order valence-corrected chi connectivity index (χ0v) is 43.8. The van der Waals surface area contributed by atoms with E-state index in [4.69, 9.17) is 29.0 Å². The second-order valence-corrected chi connectivity index (χ2v) is 22.4. The number of nitrogen functional groups attached to an aromatic ring is 1. The van der Waals surface area contributed by atoms with E-state index in [-0.39, 0.29) is 46.2 Å². The van der Waals surface area contributed by atoms with Crippen molar-refractivity contribution >= 4 is 92.7 Å². The first kappa shape index (κ1) is 62.2. The number of rotatable bonds is 27. The molecular formula is C39H52N9O25P3S. The fourth-order valence-corrected chi connectivity index (χ4v) is 10.7. The molecule has 0 aliphatic carbocycles. The third-order valence-corrected chi connectivity index (χ3v) is 15.0. The van der Waals surface area contributed by atoms with E-state index in [0.29, 0.717) is 11.8 Å². The number of methoxy groups -OCH3 is 1. The molecule has 34 nitrogen and oxygen atoms in total. The lowest BCUT2D eigenvalue weighted by atomic mass is 9.87. The SMILES string of the molecule is C=C1CO[C@H]([C@@](NC(=O)[C@H](C(=O)O)c2ccc(O)cc2)(OC)C(=O)SCCNC(=O)CCNC(=O)C(O)C(C)(C)COP(=O)(O)OP(=O)(O)OCC2OC(n3cnc4c(N)ncnc43)C(O)C2OP(=O)(O)O)N=C1C(=O)O. The van der Waals surface area contributed by atoms with Crippen LogP contribution in [-0.2, 0) is 74.6 Å². The van der Waals surface area contributed by atoms with Gasteiger partial charge >= 0.3 is 35.4 Å². The van der Waals surface area contributed by atoms with Crippen LogP contribution < -0.4 is 21.7 Å². The number of phosphoric ester groups is 3. The molecule has 7 unspecified atom stereocenters. The van der Waals surface area contributed by atoms with Crippen LogP contribution in [0.25, 0.3) is 11.2 Å². The summed E-state index contributed by atoms with van der Waals surface area (Å²) in [6.07, 6.45) is -9.54. The average molecular weight is 1170 g/mol. The summed E-state index contributed by atoms with van der Waals surface area (Å²) in [6.45, 7) is 2.50. The average Bonchev–Trinajstić information content (AvgIpc) is 3.90. The minimum atomic E-state index is -5.68. The van der Waals surface area contributed by atoms with Gasteiger partial charge in [-0.3, -0.25) is 42.1 Å². The number of aliphatic imine (C=N–C) groups is 1. The number of aromatic hydroxyl groups is 1. The predicted octanol–water partition coefficient (Wildman–Crippen LogP) is -1.86. The number of nitrogens with two attached hydrogens (primary N) is 1. The summed E-state index contributed by atoms with van der Waals surface area (Å²) in [6, 6.07) is 4.50. The minimum absolute atomic E-state index is 0.0106. The van der Waals surface area contributed by atoms with Gasteiger partial charge in [0.1, 0.15) is 42.0 Å². The maximum Gasteiger partial charge on any atom is 0.481 e. The summed E-state index contributed by atoms with van der Waals surface area (Å²) in [5, 5.41) is 56.8. The second kappa shape index (κ2) is 25.4. The molecule has 77 heavy (non-hydrogen) atoms. The third kappa shape index (κ3) is 16.0. The summed E-state index contributed by atoms with van der Waals surface area (Å²) < 4.78 is 73.5. The first-order valence-electron chi connectivity index (χ1n) is 21.9. The lowest BCUT2D eigenvalue weighted by molar-refractivity contribution is -0.170. The number of carboxylic acid groups (broad SMARTS) is 2. The van der Waals surface area contributed by atoms with Gasteiger partial charge in [-0.1, -0.05) is 44.3 Å². The first-order valence-corrected chi connectivity index (χ1v) is 27.4. The summed E-state index contributed by atoms with van der Waals surface area (Å²) in [7, 11) is -15.8. The van der Waals surface area contributed by atoms with Gasteiger partial charge in [-0.15, -0.1) is 0 Å². The van der Waals surface area contributed by atoms with E-state index in [1.54, 1.807) is 0 Å². The largest absolute Gasteiger partial charge is 0.508 e. The van der Waals surface area contributed by atoms with Crippen molar-refractivity contribution in [3.05, 3.63) is 54.6 Å². The summed E-state index contributed by atoms with van der Waals surface area (Å²) >= 11 is 0.426. The minimum Gasteiger partial charge on any atom is -0.508 e. The van der Waals surface area contributed by atoms with E-state index in [0.717, 1.165) is 48.6 Å². The fraction of sp³-hybridized carbons (Fsp3) is 0.487. The number of carbonyl (C=O) groups is 6. The summed E-state index contributed by atoms with van der Waals surface area (Å²) in [5.41, 5.74) is 0.503. The Morgan fingerprint density at radius 1 is 0.974 bits per heavy atom. The Morgan fingerprint density at radius 2 is 1.64 bits per heavy atom. The number of carbonyl (C=O) groups excluding carboxylic acids is 4. The van der Waals surface area contributed by atoms with Crippen LogP contribution in [0.5, 0.6) is 5.75 Å². The molecule has 1 saturated heterocycles. The molecule has 0 radical (unpaired) electrons. The number of nitrogens with zero attached hydrogens (tertiary/aromatic N) is 5. The van der Waals surface area contributed by atoms with Crippen LogP contribution in [0.3, 0.4) is 0 Å². The number of aromatic nitrogens is 4. The molecule has 1 fully saturated rings. The zero-order valence-electron chi connectivity index (χ0n) is 40.3. The number of aliphatic carboxylic acids is 2. The molecule has 5 rings (SSSR count). The Labute approximate surface area is 437 Å². The Morgan fingerprint density at radius 3 is 2.26 bits per heavy atom. The van der Waals surface area contributed by atoms with Gasteiger partial charge in [-0.2, -0.15) is 4.31 Å². The fourth-order valence-electron chi connectivity index (χ4n) is 7.07. The van der Waals surface area contributed by atoms with Crippen LogP contribution in [0.2, 0.25) is 0 Å². The predicted molar refractivity (Wildman–Crippen MR) is 257 cm³/mol. The number of thioether (sulfide) groups is 1. The molecule has 3 aromatic rings. The molecule has 2 aliphatic rings. The van der Waals surface area contributed by atoms with E-state index in [2.05, 4.69) is 51.3 Å². The van der Waals surface area contributed by atoms with Gasteiger partial charge in [0.2, 0.25) is 29.1 Å². The Balaban J connectivity index is 1.10. The third-order valence-electron chi connectivity index (χ3n) is 11.0. The van der Waals surface area contributed by atoms with E-state index < -0.39 is 151 Å². The van der Waals surface area contributed by atoms with Crippen molar-refractivity contribution in [3.8, 4) is 5.75 Å². The van der Waals surface area contributed by atoms with Gasteiger partial charge in [0, 0.05) is 43.4 Å². The van der Waals surface area contributed by atoms with Crippen LogP contribution in [0, 0.1) is 5.41 Å². The lowest BCUT2D eigenvalue weighted by Crippen LogP contribution is -2.64. The second-order valence-electron chi connectivity index (χ2n) is 17.0. The number of fused-ring (bicyclic) bond motifs is 1. The number of phenolic OH excluding ortho intramolecular Hbond substituents is 1. The van der Waals surface area contributed by atoms with E-state index in [1.807, 2.05) is 0 Å². The number of phenols is 1. The molecule has 38 heteroatoms. The molecule has 0 saturated carbocycles. The highest BCUT2D eigenvalue weighted by Crippen LogP contribution is 2.61. The molecule has 14 N–H and O–H groups in total. The number of amides is 3. The number of phosphoric acid groups is 3. The maximum absolute atomic E-state index is 13.9. The quantitative estimate of drug-likeness (QED) is 0.0172. The maximum atomic E-state index is 13.9. The number of carboxylic acids is 2. The Hall–Kier alpha value is -5.68. The number of hydrogen-bond acceptors (Lipinski definition) is 25. The molecule has 2 aromatic heterocycles. The van der Waals surface area contributed by atoms with Gasteiger partial charge in [-0.05, 0) is 17.7 Å². The smallest absolute Gasteiger partial charge is 0.481 e. The molecule has 424 valence electrons. The standard InChI is InChI=1S/C39H52N9O25P3S/c1-18-13-68-36(46-24(18)35(57)58)39(67-4,47-31(53)23(34(55)56)19-5-7-20(49)8-6-19)37(59)77-12-11-41-22(50)9-10-42-32(54)28(52)38(2,3)15-70-76(65,66)73-75(63,64)69-14-21-27(72-74(60,61)62)26(51)33(71-21)48-17-45-25-29(40)43-16-44-30(25)48/h5-8,16-17,21,23,26-28,33,36,49,51-52H,1,9-15H2,2-4H3,(H,41,50)(H,42,54)(H,47,53)(H,55,56)(H,57,58)(H,63,64)(H,65,66)(H2,40,43,44)(H2,60,61,62)/t21?,23-,26?,27?,28?,33?,36-,39-/m1/s1. The van der Waals surface area contributed by atoms with Crippen molar-refractivity contribution in [2.75, 3.05) is 51.5 Å². The van der Waals surface area contributed by atoms with Crippen molar-refractivity contribution < 1.29 is 120 Å². The highest BCUT2D eigenvalue weighted by atomic mass is 32.2. The van der Waals surface area contributed by atoms with Crippen LogP contribution >= 0.6 is 35.2 Å². The highest BCUT2D eigenvalue weighted by Gasteiger charge is 2.53. The Bertz CT molecular complexity index is 2910. The number of benzene rings is 1. The summed E-state index contributed by atoms with van der Waals surface area (Å²) in [4.78, 5) is 132. The van der Waals surface area contributed by atoms with Crippen molar-refractivity contribution in [3.63, 3.8) is 0 Å². The molecule has 4 heterocycles. The van der Waals surface area contributed by atoms with Gasteiger partial charge in [0.05, 0.1) is 26.1 Å². The number of aliphatic hydroxyl groups excluding tert-OH is 2. The number of hydrogen-bond donors (Lipinski definition) is 13.